The monoisotopic (exact) mass is 163 g/mol. The molecule has 1 fully saturated rings. The van der Waals surface area contributed by atoms with Gasteiger partial charge in [-0.15, -0.1) is 0 Å². The molecule has 3 heteroatoms. The molecule has 3 N–H and O–H groups in total. The van der Waals surface area contributed by atoms with Crippen molar-refractivity contribution in [1.29, 1.82) is 0 Å². The van der Waals surface area contributed by atoms with Crippen molar-refractivity contribution in [2.24, 2.45) is 11.8 Å². The molecule has 1 atom stereocenters. The number of hydrazine groups is 1. The highest BCUT2D eigenvalue weighted by Gasteiger charge is 2.31. The highest BCUT2D eigenvalue weighted by atomic mass is 15.2. The number of nitrogens with zero attached hydrogens (tertiary/aromatic N) is 1. The maximum absolute atomic E-state index is 5.48. The van der Waals surface area contributed by atoms with Crippen LogP contribution in [0.1, 0.15) is 24.4 Å². The van der Waals surface area contributed by atoms with Gasteiger partial charge >= 0.3 is 0 Å². The van der Waals surface area contributed by atoms with Crippen LogP contribution in [0, 0.1) is 5.92 Å². The summed E-state index contributed by atoms with van der Waals surface area (Å²) in [6.45, 7) is 0. The second kappa shape index (κ2) is 3.21. The topological polar surface area (TPSA) is 50.9 Å². The summed E-state index contributed by atoms with van der Waals surface area (Å²) in [7, 11) is 0. The maximum atomic E-state index is 5.48. The lowest BCUT2D eigenvalue weighted by atomic mass is 10.1. The van der Waals surface area contributed by atoms with Gasteiger partial charge in [-0.1, -0.05) is 0 Å². The maximum Gasteiger partial charge on any atom is 0.0489 e. The van der Waals surface area contributed by atoms with Crippen LogP contribution in [0.25, 0.3) is 0 Å². The number of nitrogens with two attached hydrogens (primary N) is 1. The minimum atomic E-state index is 0.327. The highest BCUT2D eigenvalue weighted by molar-refractivity contribution is 5.17. The Hall–Kier alpha value is -0.930. The van der Waals surface area contributed by atoms with Crippen LogP contribution in [0.2, 0.25) is 0 Å². The van der Waals surface area contributed by atoms with E-state index >= 15 is 0 Å². The van der Waals surface area contributed by atoms with Gasteiger partial charge in [-0.3, -0.25) is 16.3 Å². The Morgan fingerprint density at radius 2 is 2.08 bits per heavy atom. The van der Waals surface area contributed by atoms with E-state index in [9.17, 15) is 0 Å². The Kier molecular flexibility index (Phi) is 2.06. The van der Waals surface area contributed by atoms with E-state index < -0.39 is 0 Å². The van der Waals surface area contributed by atoms with Gasteiger partial charge in [0.15, 0.2) is 0 Å². The first kappa shape index (κ1) is 7.71. The van der Waals surface area contributed by atoms with E-state index in [-0.39, 0.29) is 0 Å². The third kappa shape index (κ3) is 1.47. The fraction of sp³-hybridized carbons (Fsp3) is 0.444. The molecule has 1 unspecified atom stereocenters. The summed E-state index contributed by atoms with van der Waals surface area (Å²) in [5.74, 6) is 6.21. The van der Waals surface area contributed by atoms with Gasteiger partial charge < -0.3 is 0 Å². The molecule has 1 aliphatic rings. The number of nitrogens with one attached hydrogen (secondary N) is 1. The molecule has 0 spiro atoms. The van der Waals surface area contributed by atoms with E-state index in [1.165, 1.54) is 18.4 Å². The summed E-state index contributed by atoms with van der Waals surface area (Å²) in [5.41, 5.74) is 4.10. The zero-order valence-corrected chi connectivity index (χ0v) is 6.90. The summed E-state index contributed by atoms with van der Waals surface area (Å²) in [4.78, 5) is 3.97. The Labute approximate surface area is 72.0 Å². The van der Waals surface area contributed by atoms with E-state index in [1.807, 2.05) is 24.5 Å². The first-order valence-electron chi connectivity index (χ1n) is 4.28. The third-order valence-electron chi connectivity index (χ3n) is 2.34. The third-order valence-corrected chi connectivity index (χ3v) is 2.34. The highest BCUT2D eigenvalue weighted by Crippen LogP contribution is 2.40. The molecule has 0 bridgehead atoms. The molecule has 0 aromatic carbocycles. The van der Waals surface area contributed by atoms with Crippen molar-refractivity contribution in [2.75, 3.05) is 0 Å². The number of pyridine rings is 1. The van der Waals surface area contributed by atoms with E-state index in [0.717, 1.165) is 5.92 Å². The summed E-state index contributed by atoms with van der Waals surface area (Å²) in [5, 5.41) is 0. The number of rotatable bonds is 3. The summed E-state index contributed by atoms with van der Waals surface area (Å²) < 4.78 is 0. The first-order valence-corrected chi connectivity index (χ1v) is 4.28. The normalized spacial score (nSPS) is 19.1. The van der Waals surface area contributed by atoms with Gasteiger partial charge in [0, 0.05) is 18.4 Å². The lowest BCUT2D eigenvalue weighted by Gasteiger charge is -2.14. The Morgan fingerprint density at radius 1 is 1.42 bits per heavy atom. The molecule has 1 aliphatic carbocycles. The Balaban J connectivity index is 2.15. The fourth-order valence-corrected chi connectivity index (χ4v) is 1.50. The van der Waals surface area contributed by atoms with Crippen LogP contribution in [-0.2, 0) is 0 Å². The van der Waals surface area contributed by atoms with Crippen molar-refractivity contribution in [1.82, 2.24) is 10.4 Å². The standard InChI is InChI=1S/C9H13N3/c10-12-9(7-1-2-7)8-3-5-11-6-4-8/h3-7,9,12H,1-2,10H2. The van der Waals surface area contributed by atoms with Gasteiger partial charge in [0.05, 0.1) is 0 Å². The second-order valence-corrected chi connectivity index (χ2v) is 3.26. The lowest BCUT2D eigenvalue weighted by Crippen LogP contribution is -2.29. The predicted octanol–water partition coefficient (Wildman–Crippen LogP) is 0.996. The van der Waals surface area contributed by atoms with Gasteiger partial charge in [0.2, 0.25) is 0 Å². The smallest absolute Gasteiger partial charge is 0.0489 e. The molecule has 2 rings (SSSR count). The van der Waals surface area contributed by atoms with E-state index in [4.69, 9.17) is 5.84 Å². The van der Waals surface area contributed by atoms with Gasteiger partial charge in [-0.25, -0.2) is 0 Å². The van der Waals surface area contributed by atoms with Crippen molar-refractivity contribution < 1.29 is 0 Å². The zero-order chi connectivity index (χ0) is 8.39. The van der Waals surface area contributed by atoms with E-state index in [0.29, 0.717) is 6.04 Å². The lowest BCUT2D eigenvalue weighted by molar-refractivity contribution is 0.496. The average molecular weight is 163 g/mol. The van der Waals surface area contributed by atoms with Crippen LogP contribution in [-0.4, -0.2) is 4.98 Å². The van der Waals surface area contributed by atoms with Crippen molar-refractivity contribution in [3.05, 3.63) is 30.1 Å². The number of aromatic nitrogens is 1. The van der Waals surface area contributed by atoms with E-state index in [1.54, 1.807) is 0 Å². The molecule has 0 amide bonds. The van der Waals surface area contributed by atoms with Crippen LogP contribution in [0.5, 0.6) is 0 Å². The van der Waals surface area contributed by atoms with Crippen molar-refractivity contribution >= 4 is 0 Å². The molecule has 64 valence electrons. The molecular formula is C9H13N3. The minimum absolute atomic E-state index is 0.327. The number of hydrogen-bond donors (Lipinski definition) is 2. The molecule has 1 heterocycles. The Morgan fingerprint density at radius 3 is 2.58 bits per heavy atom. The van der Waals surface area contributed by atoms with Gasteiger partial charge in [-0.2, -0.15) is 0 Å². The van der Waals surface area contributed by atoms with Gasteiger partial charge in [0.25, 0.3) is 0 Å². The predicted molar refractivity (Wildman–Crippen MR) is 47.0 cm³/mol. The Bertz CT molecular complexity index is 243. The van der Waals surface area contributed by atoms with Crippen molar-refractivity contribution in [3.8, 4) is 0 Å². The molecule has 12 heavy (non-hydrogen) atoms. The van der Waals surface area contributed by atoms with Crippen molar-refractivity contribution in [3.63, 3.8) is 0 Å². The van der Waals surface area contributed by atoms with Gasteiger partial charge in [-0.05, 0) is 36.5 Å². The summed E-state index contributed by atoms with van der Waals surface area (Å²) in [6, 6.07) is 4.36. The molecule has 1 aromatic heterocycles. The molecule has 1 saturated carbocycles. The second-order valence-electron chi connectivity index (χ2n) is 3.26. The van der Waals surface area contributed by atoms with E-state index in [2.05, 4.69) is 10.4 Å². The van der Waals surface area contributed by atoms with Crippen LogP contribution in [0.4, 0.5) is 0 Å². The molecule has 1 aromatic rings. The first-order chi connectivity index (χ1) is 5.92. The van der Waals surface area contributed by atoms with Crippen LogP contribution in [0.15, 0.2) is 24.5 Å². The molecular weight excluding hydrogens is 150 g/mol. The minimum Gasteiger partial charge on any atom is -0.271 e. The zero-order valence-electron chi connectivity index (χ0n) is 6.90. The summed E-state index contributed by atoms with van der Waals surface area (Å²) in [6.07, 6.45) is 6.19. The largest absolute Gasteiger partial charge is 0.271 e. The van der Waals surface area contributed by atoms with Crippen LogP contribution >= 0.6 is 0 Å². The molecule has 3 nitrogen and oxygen atoms in total. The van der Waals surface area contributed by atoms with Crippen LogP contribution < -0.4 is 11.3 Å². The summed E-state index contributed by atoms with van der Waals surface area (Å²) >= 11 is 0. The van der Waals surface area contributed by atoms with Crippen molar-refractivity contribution in [2.45, 2.75) is 18.9 Å². The van der Waals surface area contributed by atoms with Gasteiger partial charge in [0.1, 0.15) is 0 Å². The number of hydrogen-bond acceptors (Lipinski definition) is 3. The molecule has 0 aliphatic heterocycles. The molecule has 0 saturated heterocycles. The average Bonchev–Trinajstić information content (AvgIpc) is 2.92. The fourth-order valence-electron chi connectivity index (χ4n) is 1.50. The SMILES string of the molecule is NNC(c1ccncc1)C1CC1. The van der Waals surface area contributed by atoms with Crippen LogP contribution in [0.3, 0.4) is 0 Å². The quantitative estimate of drug-likeness (QED) is 0.516. The molecule has 0 radical (unpaired) electrons.